The van der Waals surface area contributed by atoms with Gasteiger partial charge in [-0.2, -0.15) is 0 Å². The van der Waals surface area contributed by atoms with Crippen LogP contribution < -0.4 is 4.90 Å². The lowest BCUT2D eigenvalue weighted by molar-refractivity contribution is 0.310. The maximum absolute atomic E-state index is 2.73. The summed E-state index contributed by atoms with van der Waals surface area (Å²) in [6, 6.07) is 65.0. The molecule has 1 unspecified atom stereocenters. The summed E-state index contributed by atoms with van der Waals surface area (Å²) < 4.78 is 0. The highest BCUT2D eigenvalue weighted by Crippen LogP contribution is 2.66. The number of hydrogen-bond acceptors (Lipinski definition) is 1. The number of rotatable bonds is 5. The monoisotopic (exact) mass is 829 g/mol. The van der Waals surface area contributed by atoms with Crippen LogP contribution >= 0.6 is 0 Å². The second kappa shape index (κ2) is 13.9. The van der Waals surface area contributed by atoms with Crippen LogP contribution in [0.25, 0.3) is 22.3 Å². The third-order valence-electron chi connectivity index (χ3n) is 16.6. The van der Waals surface area contributed by atoms with Gasteiger partial charge in [-0.1, -0.05) is 210 Å². The van der Waals surface area contributed by atoms with Gasteiger partial charge in [0.15, 0.2) is 0 Å². The molecule has 0 saturated heterocycles. The van der Waals surface area contributed by atoms with E-state index in [1.165, 1.54) is 92.0 Å². The second-order valence-corrected chi connectivity index (χ2v) is 21.4. The van der Waals surface area contributed by atoms with Crippen molar-refractivity contribution < 1.29 is 0 Å². The van der Waals surface area contributed by atoms with Crippen LogP contribution in [0, 0.1) is 5.41 Å². The van der Waals surface area contributed by atoms with Gasteiger partial charge in [0.05, 0.1) is 11.1 Å². The molecule has 0 aromatic heterocycles. The van der Waals surface area contributed by atoms with Crippen molar-refractivity contribution in [3.63, 3.8) is 0 Å². The van der Waals surface area contributed by atoms with E-state index in [1.807, 2.05) is 0 Å². The van der Waals surface area contributed by atoms with Gasteiger partial charge < -0.3 is 4.90 Å². The summed E-state index contributed by atoms with van der Waals surface area (Å²) in [5.41, 5.74) is 23.6. The molecule has 316 valence electrons. The number of fused-ring (bicyclic) bond motifs is 9. The molecule has 7 aromatic carbocycles. The van der Waals surface area contributed by atoms with Crippen molar-refractivity contribution in [2.24, 2.45) is 5.41 Å². The molecule has 5 aliphatic carbocycles. The predicted molar refractivity (Wildman–Crippen MR) is 268 cm³/mol. The van der Waals surface area contributed by atoms with Crippen molar-refractivity contribution in [1.29, 1.82) is 0 Å². The maximum Gasteiger partial charge on any atom is 0.0714 e. The van der Waals surface area contributed by atoms with E-state index in [-0.39, 0.29) is 21.7 Å². The Bertz CT molecular complexity index is 3040. The average molecular weight is 830 g/mol. The van der Waals surface area contributed by atoms with E-state index in [4.69, 9.17) is 0 Å². The molecular weight excluding hydrogens is 771 g/mol. The highest BCUT2D eigenvalue weighted by molar-refractivity contribution is 5.95. The van der Waals surface area contributed by atoms with E-state index < -0.39 is 5.41 Å². The van der Waals surface area contributed by atoms with Crippen molar-refractivity contribution in [2.45, 2.75) is 102 Å². The lowest BCUT2D eigenvalue weighted by Crippen LogP contribution is -2.29. The van der Waals surface area contributed by atoms with Gasteiger partial charge in [0.1, 0.15) is 0 Å². The fraction of sp³-hybridized carbons (Fsp3) is 0.270. The van der Waals surface area contributed by atoms with E-state index >= 15 is 0 Å². The van der Waals surface area contributed by atoms with E-state index in [2.05, 4.69) is 222 Å². The Morgan fingerprint density at radius 3 is 1.75 bits per heavy atom. The summed E-state index contributed by atoms with van der Waals surface area (Å²) in [5.74, 6) is 0. The van der Waals surface area contributed by atoms with Crippen molar-refractivity contribution in [2.75, 3.05) is 4.90 Å². The molecule has 0 amide bonds. The first-order valence-electron chi connectivity index (χ1n) is 23.9. The third-order valence-corrected chi connectivity index (χ3v) is 16.6. The number of anilines is 2. The zero-order valence-electron chi connectivity index (χ0n) is 38.4. The van der Waals surface area contributed by atoms with Crippen molar-refractivity contribution in [3.05, 3.63) is 237 Å². The zero-order valence-corrected chi connectivity index (χ0v) is 38.4. The van der Waals surface area contributed by atoms with Crippen LogP contribution in [-0.4, -0.2) is 0 Å². The number of hydrogen-bond donors (Lipinski definition) is 0. The zero-order chi connectivity index (χ0) is 43.6. The summed E-state index contributed by atoms with van der Waals surface area (Å²) in [5, 5.41) is 0. The summed E-state index contributed by atoms with van der Waals surface area (Å²) in [6.07, 6.45) is 9.31. The molecule has 0 radical (unpaired) electrons. The minimum Gasteiger partial charge on any atom is -0.314 e. The molecule has 1 heteroatoms. The Morgan fingerprint density at radius 2 is 1.03 bits per heavy atom. The number of nitrogens with zero attached hydrogens (tertiary/aromatic N) is 1. The van der Waals surface area contributed by atoms with E-state index in [0.717, 1.165) is 19.3 Å². The quantitative estimate of drug-likeness (QED) is 0.156. The molecule has 0 N–H and O–H groups in total. The van der Waals surface area contributed by atoms with Crippen LogP contribution in [0.4, 0.5) is 11.4 Å². The Balaban J connectivity index is 1.12. The molecule has 1 spiro atoms. The van der Waals surface area contributed by atoms with Gasteiger partial charge in [0, 0.05) is 34.2 Å². The van der Waals surface area contributed by atoms with Crippen LogP contribution in [-0.2, 0) is 21.7 Å². The summed E-state index contributed by atoms with van der Waals surface area (Å²) in [4.78, 5) is 2.73. The van der Waals surface area contributed by atoms with Gasteiger partial charge in [-0.25, -0.2) is 0 Å². The van der Waals surface area contributed by atoms with Gasteiger partial charge in [-0.3, -0.25) is 0 Å². The largest absolute Gasteiger partial charge is 0.314 e. The minimum atomic E-state index is -0.489. The van der Waals surface area contributed by atoms with Gasteiger partial charge in [0.25, 0.3) is 0 Å². The van der Waals surface area contributed by atoms with Crippen LogP contribution in [0.5, 0.6) is 0 Å². The van der Waals surface area contributed by atoms with Crippen molar-refractivity contribution >= 4 is 11.4 Å². The first-order valence-corrected chi connectivity index (χ1v) is 23.9. The van der Waals surface area contributed by atoms with E-state index in [1.54, 1.807) is 22.3 Å². The highest BCUT2D eigenvalue weighted by Gasteiger charge is 2.57. The molecule has 64 heavy (non-hydrogen) atoms. The van der Waals surface area contributed by atoms with Crippen molar-refractivity contribution in [3.8, 4) is 22.3 Å². The Labute approximate surface area is 381 Å². The molecule has 7 aromatic rings. The molecule has 0 saturated carbocycles. The Morgan fingerprint density at radius 1 is 0.453 bits per heavy atom. The predicted octanol–water partition coefficient (Wildman–Crippen LogP) is 16.3. The molecule has 0 aliphatic heterocycles. The number of allylic oxidation sites excluding steroid dienone is 3. The molecule has 0 fully saturated rings. The maximum atomic E-state index is 2.73. The molecular formula is C63H59N. The Hall–Kier alpha value is -6.18. The smallest absolute Gasteiger partial charge is 0.0714 e. The van der Waals surface area contributed by atoms with Crippen molar-refractivity contribution in [1.82, 2.24) is 0 Å². The first kappa shape index (κ1) is 39.4. The normalized spacial score (nSPS) is 22.0. The van der Waals surface area contributed by atoms with Gasteiger partial charge >= 0.3 is 0 Å². The highest BCUT2D eigenvalue weighted by atomic mass is 15.2. The fourth-order valence-corrected chi connectivity index (χ4v) is 14.2. The topological polar surface area (TPSA) is 3.24 Å². The minimum absolute atomic E-state index is 0.0491. The molecule has 0 heterocycles. The molecule has 12 rings (SSSR count). The van der Waals surface area contributed by atoms with Crippen LogP contribution in [0.3, 0.4) is 0 Å². The summed E-state index contributed by atoms with van der Waals surface area (Å²) in [7, 11) is 0. The molecule has 1 atom stereocenters. The van der Waals surface area contributed by atoms with E-state index in [9.17, 15) is 0 Å². The molecule has 1 nitrogen and oxygen atoms in total. The molecule has 5 aliphatic rings. The average Bonchev–Trinajstić information content (AvgIpc) is 3.89. The Kier molecular flexibility index (Phi) is 8.57. The van der Waals surface area contributed by atoms with Gasteiger partial charge in [-0.15, -0.1) is 0 Å². The fourth-order valence-electron chi connectivity index (χ4n) is 14.2. The SMILES string of the molecule is CC1(C)CC2(CC(C)(C)c3ccccc32)C2=C1C/C(N(c1ccc3c(c1)C(c1ccccc1)(c1ccccc1)c1ccccc1-3)c1cccc3c1-c1ccccc1C3(C)C)=C\CCC2. The van der Waals surface area contributed by atoms with E-state index in [0.29, 0.717) is 0 Å². The summed E-state index contributed by atoms with van der Waals surface area (Å²) in [6.45, 7) is 15.0. The van der Waals surface area contributed by atoms with Gasteiger partial charge in [0.2, 0.25) is 0 Å². The molecule has 0 bridgehead atoms. The van der Waals surface area contributed by atoms with Crippen LogP contribution in [0.1, 0.15) is 125 Å². The third kappa shape index (κ3) is 5.37. The van der Waals surface area contributed by atoms with Gasteiger partial charge in [-0.05, 0) is 122 Å². The van der Waals surface area contributed by atoms with Crippen LogP contribution in [0.15, 0.2) is 193 Å². The standard InChI is InChI=1S/C63H59N/c1-59(2)40-62(52-32-20-19-31-51(52)59)41-60(3,4)56-39-44(26-13-16-33-53(56)62)64(57-35-21-34-54-58(57)48-28-15-17-29-49(48)61(54,5)6)45-36-37-47-46-27-14-18-30-50(46)63(55(47)38-45,42-22-9-7-10-23-42)43-24-11-8-12-25-43/h7-12,14-15,17-32,34-38H,13,16,33,39-41H2,1-6H3/b44-26+. The lowest BCUT2D eigenvalue weighted by Gasteiger charge is -2.36. The lowest BCUT2D eigenvalue weighted by atomic mass is 9.67. The number of benzene rings is 7. The second-order valence-electron chi connectivity index (χ2n) is 21.4. The summed E-state index contributed by atoms with van der Waals surface area (Å²) >= 11 is 0. The first-order chi connectivity index (χ1) is 31.0. The van der Waals surface area contributed by atoms with Crippen LogP contribution in [0.2, 0.25) is 0 Å².